The van der Waals surface area contributed by atoms with Crippen molar-refractivity contribution >= 4 is 11.9 Å². The first-order valence-electron chi connectivity index (χ1n) is 6.96. The molecule has 0 saturated heterocycles. The summed E-state index contributed by atoms with van der Waals surface area (Å²) < 4.78 is 0. The van der Waals surface area contributed by atoms with E-state index in [0.29, 0.717) is 0 Å². The van der Waals surface area contributed by atoms with Gasteiger partial charge in [-0.15, -0.1) is 0 Å². The van der Waals surface area contributed by atoms with Crippen LogP contribution in [0.4, 0.5) is 0 Å². The molecule has 0 aromatic carbocycles. The van der Waals surface area contributed by atoms with Crippen LogP contribution in [0.25, 0.3) is 0 Å². The van der Waals surface area contributed by atoms with Gasteiger partial charge in [0, 0.05) is 6.54 Å². The number of carboxylic acid groups (broad SMARTS) is 1. The second kappa shape index (κ2) is 14.1. The van der Waals surface area contributed by atoms with Crippen molar-refractivity contribution in [1.29, 1.82) is 0 Å². The van der Waals surface area contributed by atoms with Crippen LogP contribution in [0, 0.1) is 0 Å². The zero-order valence-electron chi connectivity index (χ0n) is 13.3. The molecule has 21 heavy (non-hydrogen) atoms. The van der Waals surface area contributed by atoms with Crippen molar-refractivity contribution in [2.24, 2.45) is 4.99 Å². The summed E-state index contributed by atoms with van der Waals surface area (Å²) in [5.74, 6) is -1.38. The number of hydrogen-bond acceptors (Lipinski definition) is 5. The molecule has 6 nitrogen and oxygen atoms in total. The van der Waals surface area contributed by atoms with Crippen LogP contribution in [0.5, 0.6) is 0 Å². The molecule has 0 saturated carbocycles. The number of aliphatic hydroxyl groups excluding tert-OH is 1. The number of rotatable bonds is 11. The fourth-order valence-electron chi connectivity index (χ4n) is 1.66. The van der Waals surface area contributed by atoms with Crippen LogP contribution in [-0.4, -0.2) is 52.8 Å². The number of allylic oxidation sites excluding steroid dienone is 1. The average molecular weight is 292 g/mol. The Morgan fingerprint density at radius 2 is 2.10 bits per heavy atom. The molecule has 7 heteroatoms. The average Bonchev–Trinajstić information content (AvgIpc) is 2.34. The van der Waals surface area contributed by atoms with Crippen LogP contribution in [0.1, 0.15) is 39.5 Å². The molecule has 0 amide bonds. The van der Waals surface area contributed by atoms with Crippen LogP contribution < -0.4 is 24.0 Å². The van der Waals surface area contributed by atoms with Gasteiger partial charge in [-0.2, -0.15) is 0 Å². The second-order valence-electron chi connectivity index (χ2n) is 4.79. The molecule has 0 aliphatic carbocycles. The van der Waals surface area contributed by atoms with Gasteiger partial charge in [-0.3, -0.25) is 14.7 Å². The largest absolute Gasteiger partial charge is 1.00 e. The van der Waals surface area contributed by atoms with E-state index in [-0.39, 0.29) is 44.5 Å². The molecule has 0 spiro atoms. The number of nitrogens with zero attached hydrogens (tertiary/aromatic N) is 2. The van der Waals surface area contributed by atoms with Crippen LogP contribution in [-0.2, 0) is 4.79 Å². The monoisotopic (exact) mass is 292 g/mol. The zero-order chi connectivity index (χ0) is 15.4. The van der Waals surface area contributed by atoms with E-state index in [1.807, 2.05) is 0 Å². The van der Waals surface area contributed by atoms with E-state index in [1.165, 1.54) is 11.0 Å². The van der Waals surface area contributed by atoms with Gasteiger partial charge >= 0.3 is 24.8 Å². The van der Waals surface area contributed by atoms with Crippen molar-refractivity contribution < 1.29 is 39.0 Å². The minimum atomic E-state index is -1.01. The molecule has 116 valence electrons. The first kappa shape index (κ1) is 22.5. The molecule has 0 aliphatic rings. The number of unbranched alkanes of at least 4 members (excludes halogenated alkanes) is 3. The third-order valence-corrected chi connectivity index (χ3v) is 2.54. The maximum absolute atomic E-state index is 11.5. The number of carboxylic acids is 1. The Labute approximate surface area is 138 Å². The van der Waals surface area contributed by atoms with Gasteiger partial charge in [-0.25, -0.2) is 0 Å². The molecule has 0 aromatic rings. The van der Waals surface area contributed by atoms with Crippen molar-refractivity contribution in [2.45, 2.75) is 45.6 Å². The van der Waals surface area contributed by atoms with Gasteiger partial charge in [0.1, 0.15) is 0 Å². The zero-order valence-corrected chi connectivity index (χ0v) is 13.3. The number of aliphatic imine (C=N–C) groups is 1. The first-order valence-corrected chi connectivity index (χ1v) is 6.96. The van der Waals surface area contributed by atoms with Crippen molar-refractivity contribution in [3.05, 3.63) is 12.2 Å². The smallest absolute Gasteiger partial charge is 0.859 e. The Hall–Kier alpha value is -0.803. The molecule has 0 radical (unpaired) electrons. The maximum atomic E-state index is 11.5. The molecular formula is C14H25LiN2O4. The topological polar surface area (TPSA) is 96.2 Å². The molecule has 0 aromatic heterocycles. The summed E-state index contributed by atoms with van der Waals surface area (Å²) in [6, 6.07) is 0. The molecule has 0 aliphatic heterocycles. The van der Waals surface area contributed by atoms with Gasteiger partial charge in [-0.1, -0.05) is 31.9 Å². The third-order valence-electron chi connectivity index (χ3n) is 2.54. The van der Waals surface area contributed by atoms with E-state index in [2.05, 4.69) is 11.9 Å². The number of aliphatic hydroxyl groups is 1. The molecular weight excluding hydrogens is 267 g/mol. The maximum Gasteiger partial charge on any atom is 1.00 e. The quantitative estimate of drug-likeness (QED) is 0.192. The summed E-state index contributed by atoms with van der Waals surface area (Å²) in [5.41, 5.74) is 0. The summed E-state index contributed by atoms with van der Waals surface area (Å²) >= 11 is 0. The number of hydrogen-bond donors (Lipinski definition) is 2. The molecule has 0 rings (SSSR count). The molecule has 0 bridgehead atoms. The first-order chi connectivity index (χ1) is 9.45. The van der Waals surface area contributed by atoms with Crippen molar-refractivity contribution in [1.82, 2.24) is 4.90 Å². The molecule has 1 unspecified atom stereocenters. The summed E-state index contributed by atoms with van der Waals surface area (Å²) in [6.45, 7) is 3.58. The Kier molecular flexibility index (Phi) is 15.1. The molecule has 0 fully saturated rings. The molecule has 0 heterocycles. The normalized spacial score (nSPS) is 13.4. The molecule has 1 atom stereocenters. The van der Waals surface area contributed by atoms with E-state index in [0.717, 1.165) is 25.7 Å². The SMILES string of the molecule is CCCCC/C=C/C([O-])=NCN(CC(=O)O)CC(C)O.[Li+]. The van der Waals surface area contributed by atoms with Gasteiger partial charge < -0.3 is 15.3 Å². The van der Waals surface area contributed by atoms with E-state index in [4.69, 9.17) is 5.11 Å². The summed E-state index contributed by atoms with van der Waals surface area (Å²) in [5, 5.41) is 29.4. The predicted octanol–water partition coefficient (Wildman–Crippen LogP) is -2.39. The Balaban J connectivity index is 0. The van der Waals surface area contributed by atoms with E-state index < -0.39 is 12.1 Å². The second-order valence-corrected chi connectivity index (χ2v) is 4.79. The number of aliphatic carboxylic acids is 1. The summed E-state index contributed by atoms with van der Waals surface area (Å²) in [4.78, 5) is 15.8. The molecule has 2 N–H and O–H groups in total. The summed E-state index contributed by atoms with van der Waals surface area (Å²) in [7, 11) is 0. The van der Waals surface area contributed by atoms with E-state index in [1.54, 1.807) is 13.0 Å². The number of carbonyl (C=O) groups is 1. The predicted molar refractivity (Wildman–Crippen MR) is 76.5 cm³/mol. The Morgan fingerprint density at radius 1 is 1.43 bits per heavy atom. The summed E-state index contributed by atoms with van der Waals surface area (Å²) in [6.07, 6.45) is 6.71. The van der Waals surface area contributed by atoms with Gasteiger partial charge in [0.2, 0.25) is 0 Å². The van der Waals surface area contributed by atoms with E-state index >= 15 is 0 Å². The van der Waals surface area contributed by atoms with Gasteiger partial charge in [0.25, 0.3) is 0 Å². The third kappa shape index (κ3) is 15.4. The van der Waals surface area contributed by atoms with Crippen LogP contribution in [0.2, 0.25) is 0 Å². The fourth-order valence-corrected chi connectivity index (χ4v) is 1.66. The van der Waals surface area contributed by atoms with Gasteiger partial charge in [0.15, 0.2) is 0 Å². The van der Waals surface area contributed by atoms with Gasteiger partial charge in [-0.05, 0) is 25.7 Å². The fraction of sp³-hybridized carbons (Fsp3) is 0.714. The van der Waals surface area contributed by atoms with Crippen molar-refractivity contribution in [2.75, 3.05) is 19.8 Å². The van der Waals surface area contributed by atoms with Crippen LogP contribution in [0.15, 0.2) is 17.1 Å². The van der Waals surface area contributed by atoms with E-state index in [9.17, 15) is 15.0 Å². The standard InChI is InChI=1S/C14H26N2O4.Li/c1-3-4-5-6-7-8-13(18)15-11-16(9-12(2)17)10-14(19)20;/h7-8,12,17H,3-6,9-11H2,1-2H3,(H,15,18)(H,19,20);/q;+1/p-1/b8-7+;. The van der Waals surface area contributed by atoms with Crippen LogP contribution >= 0.6 is 0 Å². The van der Waals surface area contributed by atoms with Crippen molar-refractivity contribution in [3.8, 4) is 0 Å². The van der Waals surface area contributed by atoms with Crippen molar-refractivity contribution in [3.63, 3.8) is 0 Å². The minimum absolute atomic E-state index is 0. The Bertz CT molecular complexity index is 333. The Morgan fingerprint density at radius 3 is 2.62 bits per heavy atom. The van der Waals surface area contributed by atoms with Crippen LogP contribution in [0.3, 0.4) is 0 Å². The minimum Gasteiger partial charge on any atom is -0.859 e. The van der Waals surface area contributed by atoms with Gasteiger partial charge in [0.05, 0.1) is 19.3 Å².